The average molecular weight is 239 g/mol. The molecule has 96 valence electrons. The minimum atomic E-state index is -0.434. The Bertz CT molecular complexity index is 341. The van der Waals surface area contributed by atoms with Crippen molar-refractivity contribution >= 4 is 0 Å². The third-order valence-corrected chi connectivity index (χ3v) is 2.51. The van der Waals surface area contributed by atoms with Crippen LogP contribution < -0.4 is 14.8 Å². The van der Waals surface area contributed by atoms with Crippen molar-refractivity contribution in [1.82, 2.24) is 5.32 Å². The van der Waals surface area contributed by atoms with Crippen LogP contribution in [0.4, 0.5) is 0 Å². The minimum absolute atomic E-state index is 0.290. The molecule has 0 saturated heterocycles. The van der Waals surface area contributed by atoms with E-state index in [-0.39, 0.29) is 6.61 Å². The second kappa shape index (κ2) is 7.14. The number of benzene rings is 1. The summed E-state index contributed by atoms with van der Waals surface area (Å²) in [7, 11) is 3.51. The molecule has 0 amide bonds. The van der Waals surface area contributed by atoms with Gasteiger partial charge >= 0.3 is 0 Å². The lowest BCUT2D eigenvalue weighted by atomic mass is 10.2. The van der Waals surface area contributed by atoms with Gasteiger partial charge in [0.1, 0.15) is 6.61 Å². The van der Waals surface area contributed by atoms with Crippen LogP contribution in [-0.4, -0.2) is 32.0 Å². The van der Waals surface area contributed by atoms with E-state index < -0.39 is 6.10 Å². The predicted octanol–water partition coefficient (Wildman–Crippen LogP) is 1.56. The van der Waals surface area contributed by atoms with Crippen molar-refractivity contribution in [2.45, 2.75) is 26.0 Å². The van der Waals surface area contributed by atoms with Crippen LogP contribution in [0.25, 0.3) is 0 Å². The molecule has 1 rings (SSSR count). The smallest absolute Gasteiger partial charge is 0.161 e. The van der Waals surface area contributed by atoms with E-state index in [1.165, 1.54) is 0 Å². The van der Waals surface area contributed by atoms with Crippen molar-refractivity contribution in [2.24, 2.45) is 0 Å². The number of hydrogen-bond acceptors (Lipinski definition) is 4. The SMILES string of the molecule is CCC(O)COc1ccc(CNC)cc1OC. The average Bonchev–Trinajstić information content (AvgIpc) is 2.36. The number of aliphatic hydroxyl groups excluding tert-OH is 1. The lowest BCUT2D eigenvalue weighted by Gasteiger charge is -2.14. The highest BCUT2D eigenvalue weighted by Gasteiger charge is 2.08. The van der Waals surface area contributed by atoms with Crippen molar-refractivity contribution < 1.29 is 14.6 Å². The van der Waals surface area contributed by atoms with Gasteiger partial charge in [-0.3, -0.25) is 0 Å². The lowest BCUT2D eigenvalue weighted by Crippen LogP contribution is -2.16. The first-order valence-corrected chi connectivity index (χ1v) is 5.83. The van der Waals surface area contributed by atoms with E-state index in [2.05, 4.69) is 5.32 Å². The van der Waals surface area contributed by atoms with Gasteiger partial charge in [0.05, 0.1) is 13.2 Å². The molecule has 0 saturated carbocycles. The third-order valence-electron chi connectivity index (χ3n) is 2.51. The molecule has 0 spiro atoms. The standard InChI is InChI=1S/C13H21NO3/c1-4-11(15)9-17-12-6-5-10(8-14-2)7-13(12)16-3/h5-7,11,14-15H,4,8-9H2,1-3H3. The maximum Gasteiger partial charge on any atom is 0.161 e. The van der Waals surface area contributed by atoms with Gasteiger partial charge in [-0.1, -0.05) is 13.0 Å². The molecule has 0 radical (unpaired) electrons. The molecule has 0 aliphatic carbocycles. The van der Waals surface area contributed by atoms with Crippen LogP contribution in [0, 0.1) is 0 Å². The zero-order chi connectivity index (χ0) is 12.7. The van der Waals surface area contributed by atoms with Gasteiger partial charge in [-0.25, -0.2) is 0 Å². The van der Waals surface area contributed by atoms with Crippen molar-refractivity contribution in [3.05, 3.63) is 23.8 Å². The van der Waals surface area contributed by atoms with Gasteiger partial charge in [-0.2, -0.15) is 0 Å². The Hall–Kier alpha value is -1.26. The van der Waals surface area contributed by atoms with Crippen molar-refractivity contribution in [3.8, 4) is 11.5 Å². The largest absolute Gasteiger partial charge is 0.493 e. The molecule has 17 heavy (non-hydrogen) atoms. The molecular weight excluding hydrogens is 218 g/mol. The zero-order valence-corrected chi connectivity index (χ0v) is 10.7. The van der Waals surface area contributed by atoms with E-state index in [1.54, 1.807) is 7.11 Å². The number of rotatable bonds is 7. The van der Waals surface area contributed by atoms with E-state index in [0.29, 0.717) is 17.9 Å². The van der Waals surface area contributed by atoms with E-state index in [1.807, 2.05) is 32.2 Å². The molecule has 1 unspecified atom stereocenters. The topological polar surface area (TPSA) is 50.7 Å². The van der Waals surface area contributed by atoms with E-state index in [4.69, 9.17) is 9.47 Å². The van der Waals surface area contributed by atoms with Crippen LogP contribution in [0.3, 0.4) is 0 Å². The molecule has 0 fully saturated rings. The number of ether oxygens (including phenoxy) is 2. The minimum Gasteiger partial charge on any atom is -0.493 e. The van der Waals surface area contributed by atoms with Crippen LogP contribution in [0.5, 0.6) is 11.5 Å². The second-order valence-corrected chi connectivity index (χ2v) is 3.89. The highest BCUT2D eigenvalue weighted by molar-refractivity contribution is 5.42. The van der Waals surface area contributed by atoms with Crippen molar-refractivity contribution in [2.75, 3.05) is 20.8 Å². The molecule has 1 atom stereocenters. The Morgan fingerprint density at radius 2 is 2.12 bits per heavy atom. The predicted molar refractivity (Wildman–Crippen MR) is 67.6 cm³/mol. The van der Waals surface area contributed by atoms with Gasteiger partial charge in [0.25, 0.3) is 0 Å². The van der Waals surface area contributed by atoms with Crippen molar-refractivity contribution in [1.29, 1.82) is 0 Å². The number of aliphatic hydroxyl groups is 1. The summed E-state index contributed by atoms with van der Waals surface area (Å²) >= 11 is 0. The fourth-order valence-electron chi connectivity index (χ4n) is 1.45. The quantitative estimate of drug-likeness (QED) is 0.758. The molecular formula is C13H21NO3. The van der Waals surface area contributed by atoms with Crippen LogP contribution in [-0.2, 0) is 6.54 Å². The Kier molecular flexibility index (Phi) is 5.80. The fraction of sp³-hybridized carbons (Fsp3) is 0.538. The summed E-state index contributed by atoms with van der Waals surface area (Å²) in [4.78, 5) is 0. The summed E-state index contributed by atoms with van der Waals surface area (Å²) in [5.41, 5.74) is 1.13. The van der Waals surface area contributed by atoms with Crippen LogP contribution >= 0.6 is 0 Å². The summed E-state index contributed by atoms with van der Waals surface area (Å²) in [6, 6.07) is 5.78. The first kappa shape index (κ1) is 13.8. The van der Waals surface area contributed by atoms with Crippen LogP contribution in [0.1, 0.15) is 18.9 Å². The molecule has 1 aromatic carbocycles. The molecule has 0 aliphatic heterocycles. The van der Waals surface area contributed by atoms with E-state index >= 15 is 0 Å². The Balaban J connectivity index is 2.71. The van der Waals surface area contributed by atoms with Gasteiger partial charge < -0.3 is 19.9 Å². The fourth-order valence-corrected chi connectivity index (χ4v) is 1.45. The van der Waals surface area contributed by atoms with Crippen molar-refractivity contribution in [3.63, 3.8) is 0 Å². The highest BCUT2D eigenvalue weighted by Crippen LogP contribution is 2.28. The molecule has 0 aromatic heterocycles. The normalized spacial score (nSPS) is 12.2. The first-order chi connectivity index (χ1) is 8.21. The van der Waals surface area contributed by atoms with Crippen LogP contribution in [0.15, 0.2) is 18.2 Å². The summed E-state index contributed by atoms with van der Waals surface area (Å²) < 4.78 is 10.8. The maximum atomic E-state index is 9.45. The Morgan fingerprint density at radius 1 is 1.35 bits per heavy atom. The van der Waals surface area contributed by atoms with E-state index in [0.717, 1.165) is 12.1 Å². The number of hydrogen-bond donors (Lipinski definition) is 2. The Morgan fingerprint density at radius 3 is 2.71 bits per heavy atom. The summed E-state index contributed by atoms with van der Waals surface area (Å²) in [6.07, 6.45) is 0.247. The monoisotopic (exact) mass is 239 g/mol. The second-order valence-electron chi connectivity index (χ2n) is 3.89. The zero-order valence-electron chi connectivity index (χ0n) is 10.7. The molecule has 4 heteroatoms. The van der Waals surface area contributed by atoms with Gasteiger partial charge in [-0.15, -0.1) is 0 Å². The first-order valence-electron chi connectivity index (χ1n) is 5.83. The third kappa shape index (κ3) is 4.24. The molecule has 0 aliphatic rings. The summed E-state index contributed by atoms with van der Waals surface area (Å²) in [5, 5.41) is 12.5. The van der Waals surface area contributed by atoms with Gasteiger partial charge in [0, 0.05) is 6.54 Å². The number of nitrogens with one attached hydrogen (secondary N) is 1. The highest BCUT2D eigenvalue weighted by atomic mass is 16.5. The molecule has 4 nitrogen and oxygen atoms in total. The maximum absolute atomic E-state index is 9.45. The molecule has 2 N–H and O–H groups in total. The molecule has 1 aromatic rings. The molecule has 0 heterocycles. The van der Waals surface area contributed by atoms with Crippen LogP contribution in [0.2, 0.25) is 0 Å². The van der Waals surface area contributed by atoms with Gasteiger partial charge in [0.2, 0.25) is 0 Å². The number of methoxy groups -OCH3 is 1. The summed E-state index contributed by atoms with van der Waals surface area (Å²) in [6.45, 7) is 2.99. The van der Waals surface area contributed by atoms with E-state index in [9.17, 15) is 5.11 Å². The van der Waals surface area contributed by atoms with Gasteiger partial charge in [0.15, 0.2) is 11.5 Å². The lowest BCUT2D eigenvalue weighted by molar-refractivity contribution is 0.102. The molecule has 0 bridgehead atoms. The Labute approximate surface area is 103 Å². The van der Waals surface area contributed by atoms with Gasteiger partial charge in [-0.05, 0) is 31.2 Å². The summed E-state index contributed by atoms with van der Waals surface area (Å²) in [5.74, 6) is 1.36.